The molecule has 10 heteroatoms. The van der Waals surface area contributed by atoms with Gasteiger partial charge in [0.25, 0.3) is 5.91 Å². The molecule has 0 unspecified atom stereocenters. The van der Waals surface area contributed by atoms with Gasteiger partial charge in [0.05, 0.1) is 24.2 Å². The highest BCUT2D eigenvalue weighted by atomic mass is 79.9. The SMILES string of the molecule is O=C1NS(=O)(=O)CCC/C(Br)=C\[C@@H](O)[C@@H]2CC[C@H]2CN2C[C@@]3(CCCc4cc(Cl)ccc43)COc3ccc1cc32. The Hall–Kier alpha value is -2.07. The van der Waals surface area contributed by atoms with Crippen molar-refractivity contribution in [1.29, 1.82) is 0 Å². The summed E-state index contributed by atoms with van der Waals surface area (Å²) in [4.78, 5) is 15.4. The van der Waals surface area contributed by atoms with Crippen LogP contribution in [0.4, 0.5) is 5.69 Å². The first-order valence-corrected chi connectivity index (χ1v) is 16.8. The molecule has 40 heavy (non-hydrogen) atoms. The fraction of sp³-hybridized carbons (Fsp3) is 0.500. The lowest BCUT2D eigenvalue weighted by molar-refractivity contribution is 0.0455. The van der Waals surface area contributed by atoms with E-state index in [1.54, 1.807) is 18.2 Å². The zero-order chi connectivity index (χ0) is 28.1. The molecule has 0 aromatic heterocycles. The molecule has 2 aromatic carbocycles. The Morgan fingerprint density at radius 3 is 2.77 bits per heavy atom. The second-order valence-corrected chi connectivity index (χ2v) is 15.0. The van der Waals surface area contributed by atoms with Gasteiger partial charge < -0.3 is 14.7 Å². The van der Waals surface area contributed by atoms with Crippen LogP contribution in [0.2, 0.25) is 5.02 Å². The minimum absolute atomic E-state index is 0.108. The highest BCUT2D eigenvalue weighted by Gasteiger charge is 2.44. The Labute approximate surface area is 249 Å². The van der Waals surface area contributed by atoms with Gasteiger partial charge in [0.2, 0.25) is 10.0 Å². The molecule has 4 atom stereocenters. The van der Waals surface area contributed by atoms with Crippen molar-refractivity contribution >= 4 is 49.1 Å². The van der Waals surface area contributed by atoms with Crippen LogP contribution >= 0.6 is 27.5 Å². The highest BCUT2D eigenvalue weighted by molar-refractivity contribution is 9.11. The molecule has 6 rings (SSSR count). The molecule has 1 amide bonds. The molecular weight excluding hydrogens is 616 g/mol. The standard InChI is InChI=1S/C30H34BrClN2O5S/c31-22-4-2-12-40(37,38)33-29(36)20-6-10-28-26(14-20)34(16-21-5-8-24(21)27(35)15-22)17-30(18-39-28)11-1-3-19-13-23(32)7-9-25(19)30/h6-7,9-10,13-15,21,24,27,35H,1-5,8,11-12,16-18H2,(H,33,36)/b22-15+/t21-,24+,27+,30-/m0/s1. The molecule has 4 aliphatic rings. The maximum Gasteiger partial charge on any atom is 0.264 e. The Morgan fingerprint density at radius 2 is 1.98 bits per heavy atom. The lowest BCUT2D eigenvalue weighted by Crippen LogP contribution is -2.49. The van der Waals surface area contributed by atoms with Crippen molar-refractivity contribution in [3.05, 3.63) is 68.7 Å². The van der Waals surface area contributed by atoms with Crippen LogP contribution in [0.5, 0.6) is 5.75 Å². The van der Waals surface area contributed by atoms with E-state index < -0.39 is 22.0 Å². The van der Waals surface area contributed by atoms with E-state index in [-0.39, 0.29) is 28.6 Å². The quantitative estimate of drug-likeness (QED) is 0.401. The van der Waals surface area contributed by atoms with Crippen molar-refractivity contribution in [2.45, 2.75) is 56.5 Å². The number of hydrogen-bond acceptors (Lipinski definition) is 6. The number of allylic oxidation sites excluding steroid dienone is 1. The summed E-state index contributed by atoms with van der Waals surface area (Å²) in [6.45, 7) is 1.89. The van der Waals surface area contributed by atoms with Gasteiger partial charge >= 0.3 is 0 Å². The van der Waals surface area contributed by atoms with Crippen LogP contribution in [0.15, 0.2) is 47.0 Å². The summed E-state index contributed by atoms with van der Waals surface area (Å²) in [7, 11) is -3.82. The molecule has 214 valence electrons. The number of aliphatic hydroxyl groups excluding tert-OH is 1. The minimum atomic E-state index is -3.82. The van der Waals surface area contributed by atoms with Gasteiger partial charge in [-0.3, -0.25) is 4.79 Å². The Bertz CT molecular complexity index is 1460. The Morgan fingerprint density at radius 1 is 1.12 bits per heavy atom. The predicted octanol–water partition coefficient (Wildman–Crippen LogP) is 5.33. The van der Waals surface area contributed by atoms with E-state index in [4.69, 9.17) is 16.3 Å². The molecule has 1 saturated carbocycles. The molecule has 2 aromatic rings. The monoisotopic (exact) mass is 648 g/mol. The van der Waals surface area contributed by atoms with E-state index in [0.717, 1.165) is 47.3 Å². The lowest BCUT2D eigenvalue weighted by Gasteiger charge is -2.45. The predicted molar refractivity (Wildman–Crippen MR) is 160 cm³/mol. The second-order valence-electron chi connectivity index (χ2n) is 11.7. The Balaban J connectivity index is 1.42. The number of nitrogens with zero attached hydrogens (tertiary/aromatic N) is 1. The molecule has 1 spiro atoms. The number of ether oxygens (including phenoxy) is 1. The van der Waals surface area contributed by atoms with Crippen molar-refractivity contribution in [3.8, 4) is 5.75 Å². The molecule has 2 N–H and O–H groups in total. The minimum Gasteiger partial charge on any atom is -0.490 e. The first-order valence-electron chi connectivity index (χ1n) is 14.0. The van der Waals surface area contributed by atoms with E-state index in [1.165, 1.54) is 11.1 Å². The summed E-state index contributed by atoms with van der Waals surface area (Å²) in [5.74, 6) is 0.233. The van der Waals surface area contributed by atoms with Gasteiger partial charge in [-0.05, 0) is 109 Å². The van der Waals surface area contributed by atoms with Gasteiger partial charge in [0.1, 0.15) is 5.75 Å². The van der Waals surface area contributed by atoms with E-state index in [2.05, 4.69) is 37.7 Å². The second kappa shape index (κ2) is 11.0. The zero-order valence-electron chi connectivity index (χ0n) is 22.2. The summed E-state index contributed by atoms with van der Waals surface area (Å²) in [5, 5.41) is 11.8. The number of halogens is 2. The van der Waals surface area contributed by atoms with Gasteiger partial charge in [-0.25, -0.2) is 13.1 Å². The average Bonchev–Trinajstić information content (AvgIpc) is 3.02. The van der Waals surface area contributed by atoms with Gasteiger partial charge in [-0.15, -0.1) is 0 Å². The smallest absolute Gasteiger partial charge is 0.264 e. The number of hydrogen-bond donors (Lipinski definition) is 2. The number of benzene rings is 2. The van der Waals surface area contributed by atoms with E-state index >= 15 is 0 Å². The largest absolute Gasteiger partial charge is 0.490 e. The summed E-state index contributed by atoms with van der Waals surface area (Å²) < 4.78 is 34.9. The number of fused-ring (bicyclic) bond motifs is 4. The molecule has 0 radical (unpaired) electrons. The highest BCUT2D eigenvalue weighted by Crippen LogP contribution is 2.46. The molecule has 2 aliphatic heterocycles. The van der Waals surface area contributed by atoms with Crippen LogP contribution in [-0.2, 0) is 21.9 Å². The van der Waals surface area contributed by atoms with Gasteiger partial charge in [0, 0.05) is 29.1 Å². The molecule has 0 saturated heterocycles. The molecule has 2 heterocycles. The van der Waals surface area contributed by atoms with Crippen LogP contribution in [0.25, 0.3) is 0 Å². The van der Waals surface area contributed by atoms with Crippen LogP contribution in [0.1, 0.15) is 60.0 Å². The van der Waals surface area contributed by atoms with Crippen molar-refractivity contribution in [3.63, 3.8) is 0 Å². The number of carbonyl (C=O) groups excluding carboxylic acids is 1. The van der Waals surface area contributed by atoms with Crippen molar-refractivity contribution in [2.75, 3.05) is 30.3 Å². The third kappa shape index (κ3) is 5.54. The molecule has 7 nitrogen and oxygen atoms in total. The molecule has 2 bridgehead atoms. The number of carbonyl (C=O) groups is 1. The van der Waals surface area contributed by atoms with Gasteiger partial charge in [0.15, 0.2) is 0 Å². The molecule has 2 aliphatic carbocycles. The number of sulfonamides is 1. The van der Waals surface area contributed by atoms with Gasteiger partial charge in [-0.1, -0.05) is 33.6 Å². The van der Waals surface area contributed by atoms with Gasteiger partial charge in [-0.2, -0.15) is 0 Å². The lowest BCUT2D eigenvalue weighted by atomic mass is 9.68. The third-order valence-corrected chi connectivity index (χ3v) is 11.3. The summed E-state index contributed by atoms with van der Waals surface area (Å²) in [6, 6.07) is 11.3. The third-order valence-electron chi connectivity index (χ3n) is 9.10. The van der Waals surface area contributed by atoms with E-state index in [1.807, 2.05) is 12.1 Å². The first kappa shape index (κ1) is 28.1. The molecule has 1 fully saturated rings. The zero-order valence-corrected chi connectivity index (χ0v) is 25.4. The average molecular weight is 650 g/mol. The van der Waals surface area contributed by atoms with Crippen molar-refractivity contribution in [1.82, 2.24) is 4.72 Å². The number of amides is 1. The van der Waals surface area contributed by atoms with E-state index in [9.17, 15) is 18.3 Å². The van der Waals surface area contributed by atoms with Crippen LogP contribution < -0.4 is 14.4 Å². The number of anilines is 1. The fourth-order valence-electron chi connectivity index (χ4n) is 6.88. The van der Waals surface area contributed by atoms with Crippen LogP contribution in [0, 0.1) is 11.8 Å². The fourth-order valence-corrected chi connectivity index (χ4v) is 8.66. The summed E-state index contributed by atoms with van der Waals surface area (Å²) >= 11 is 9.89. The Kier molecular flexibility index (Phi) is 7.70. The number of rotatable bonds is 0. The normalized spacial score (nSPS) is 31.4. The number of aryl methyl sites for hydroxylation is 1. The number of nitrogens with one attached hydrogen (secondary N) is 1. The topological polar surface area (TPSA) is 95.9 Å². The molecular formula is C30H34BrClN2O5S. The van der Waals surface area contributed by atoms with Crippen LogP contribution in [0.3, 0.4) is 0 Å². The van der Waals surface area contributed by atoms with Crippen molar-refractivity contribution < 1.29 is 23.1 Å². The van der Waals surface area contributed by atoms with Crippen LogP contribution in [-0.4, -0.2) is 51.0 Å². The maximum absolute atomic E-state index is 13.1. The summed E-state index contributed by atoms with van der Waals surface area (Å²) in [5.41, 5.74) is 3.31. The first-order chi connectivity index (χ1) is 19.1. The number of aliphatic hydroxyl groups is 1. The van der Waals surface area contributed by atoms with E-state index in [0.29, 0.717) is 38.3 Å². The van der Waals surface area contributed by atoms with Crippen molar-refractivity contribution in [2.24, 2.45) is 11.8 Å². The maximum atomic E-state index is 13.1. The summed E-state index contributed by atoms with van der Waals surface area (Å²) in [6.07, 6.45) is 6.91.